The molecule has 0 spiro atoms. The summed E-state index contributed by atoms with van der Waals surface area (Å²) in [5, 5.41) is 0. The Balaban J connectivity index is 2.07. The van der Waals surface area contributed by atoms with Crippen molar-refractivity contribution < 1.29 is 4.74 Å². The van der Waals surface area contributed by atoms with Gasteiger partial charge in [-0.25, -0.2) is 9.97 Å². The number of ether oxygens (including phenoxy) is 1. The zero-order chi connectivity index (χ0) is 14.9. The first kappa shape index (κ1) is 14.9. The third-order valence-corrected chi connectivity index (χ3v) is 5.83. The summed E-state index contributed by atoms with van der Waals surface area (Å²) in [5.74, 6) is 2.05. The highest BCUT2D eigenvalue weighted by molar-refractivity contribution is 8.00. The molecule has 1 aliphatic rings. The number of halogens is 1. The molecule has 2 aromatic rings. The van der Waals surface area contributed by atoms with Gasteiger partial charge in [0, 0.05) is 23.6 Å². The van der Waals surface area contributed by atoms with Crippen LogP contribution in [0.2, 0.25) is 0 Å². The minimum atomic E-state index is 0.312. The Morgan fingerprint density at radius 3 is 2.81 bits per heavy atom. The molecule has 0 saturated heterocycles. The van der Waals surface area contributed by atoms with Crippen LogP contribution in [-0.4, -0.2) is 43.5 Å². The van der Waals surface area contributed by atoms with Gasteiger partial charge in [-0.15, -0.1) is 11.6 Å². The predicted octanol–water partition coefficient (Wildman–Crippen LogP) is 2.90. The Kier molecular flexibility index (Phi) is 4.26. The van der Waals surface area contributed by atoms with Crippen molar-refractivity contribution in [1.29, 1.82) is 0 Å². The van der Waals surface area contributed by atoms with Crippen molar-refractivity contribution in [1.82, 2.24) is 19.5 Å². The Morgan fingerprint density at radius 1 is 1.43 bits per heavy atom. The minimum absolute atomic E-state index is 0.312. The molecule has 2 aromatic heterocycles. The molecule has 0 atom stereocenters. The van der Waals surface area contributed by atoms with E-state index in [4.69, 9.17) is 16.3 Å². The van der Waals surface area contributed by atoms with Crippen molar-refractivity contribution in [2.75, 3.05) is 19.2 Å². The molecule has 0 unspecified atom stereocenters. The lowest BCUT2D eigenvalue weighted by Gasteiger charge is -2.41. The van der Waals surface area contributed by atoms with Gasteiger partial charge in [0.1, 0.15) is 12.2 Å². The van der Waals surface area contributed by atoms with Crippen LogP contribution in [0.1, 0.15) is 25.1 Å². The number of methoxy groups -OCH3 is 1. The average Bonchev–Trinajstić information content (AvgIpc) is 2.80. The molecule has 0 N–H and O–H groups in total. The van der Waals surface area contributed by atoms with Crippen LogP contribution in [0, 0.1) is 0 Å². The monoisotopic (exact) mass is 326 g/mol. The summed E-state index contributed by atoms with van der Waals surface area (Å²) < 4.78 is 7.82. The largest absolute Gasteiger partial charge is 0.479 e. The van der Waals surface area contributed by atoms with Crippen molar-refractivity contribution >= 4 is 34.5 Å². The van der Waals surface area contributed by atoms with E-state index in [-0.39, 0.29) is 0 Å². The van der Waals surface area contributed by atoms with E-state index >= 15 is 0 Å². The van der Waals surface area contributed by atoms with Crippen LogP contribution in [0.5, 0.6) is 5.88 Å². The lowest BCUT2D eigenvalue weighted by Crippen LogP contribution is -2.38. The Bertz CT molecular complexity index is 636. The van der Waals surface area contributed by atoms with Gasteiger partial charge in [0.25, 0.3) is 0 Å². The maximum atomic E-state index is 5.94. The molecule has 1 saturated carbocycles. The SMILES string of the molecule is COc1ncnc2c1nc(CCCl)n2CC1(SC)CCC1. The highest BCUT2D eigenvalue weighted by Gasteiger charge is 2.37. The van der Waals surface area contributed by atoms with Gasteiger partial charge in [0.2, 0.25) is 5.88 Å². The van der Waals surface area contributed by atoms with E-state index in [0.29, 0.717) is 16.5 Å². The van der Waals surface area contributed by atoms with E-state index in [2.05, 4.69) is 25.8 Å². The molecular formula is C14H19ClN4OS. The second-order valence-electron chi connectivity index (χ2n) is 5.35. The van der Waals surface area contributed by atoms with Crippen LogP contribution in [0.3, 0.4) is 0 Å². The summed E-state index contributed by atoms with van der Waals surface area (Å²) in [4.78, 5) is 13.2. The van der Waals surface area contributed by atoms with Gasteiger partial charge in [-0.1, -0.05) is 6.42 Å². The van der Waals surface area contributed by atoms with Crippen LogP contribution in [0.4, 0.5) is 0 Å². The average molecular weight is 327 g/mol. The number of rotatable bonds is 6. The molecule has 0 aliphatic heterocycles. The molecule has 2 heterocycles. The maximum Gasteiger partial charge on any atom is 0.245 e. The molecule has 21 heavy (non-hydrogen) atoms. The van der Waals surface area contributed by atoms with E-state index < -0.39 is 0 Å². The highest BCUT2D eigenvalue weighted by atomic mass is 35.5. The number of nitrogens with zero attached hydrogens (tertiary/aromatic N) is 4. The Hall–Kier alpha value is -1.01. The van der Waals surface area contributed by atoms with E-state index in [1.165, 1.54) is 25.6 Å². The van der Waals surface area contributed by atoms with E-state index in [9.17, 15) is 0 Å². The van der Waals surface area contributed by atoms with Gasteiger partial charge >= 0.3 is 0 Å². The summed E-state index contributed by atoms with van der Waals surface area (Å²) >= 11 is 7.88. The highest BCUT2D eigenvalue weighted by Crippen LogP contribution is 2.44. The Labute approximate surface area is 133 Å². The fourth-order valence-corrected chi connectivity index (χ4v) is 3.96. The summed E-state index contributed by atoms with van der Waals surface area (Å²) in [6, 6.07) is 0. The number of hydrogen-bond donors (Lipinski definition) is 0. The molecular weight excluding hydrogens is 308 g/mol. The third-order valence-electron chi connectivity index (χ3n) is 4.23. The van der Waals surface area contributed by atoms with Gasteiger partial charge in [-0.2, -0.15) is 16.7 Å². The zero-order valence-corrected chi connectivity index (χ0v) is 13.9. The molecule has 0 bridgehead atoms. The van der Waals surface area contributed by atoms with Gasteiger partial charge in [0.05, 0.1) is 7.11 Å². The molecule has 1 aliphatic carbocycles. The molecule has 5 nitrogen and oxygen atoms in total. The zero-order valence-electron chi connectivity index (χ0n) is 12.3. The lowest BCUT2D eigenvalue weighted by atomic mass is 9.84. The number of fused-ring (bicyclic) bond motifs is 1. The summed E-state index contributed by atoms with van der Waals surface area (Å²) in [6.45, 7) is 0.928. The van der Waals surface area contributed by atoms with Gasteiger partial charge < -0.3 is 9.30 Å². The van der Waals surface area contributed by atoms with Gasteiger partial charge in [-0.05, 0) is 19.1 Å². The fourth-order valence-electron chi connectivity index (χ4n) is 2.84. The first-order valence-corrected chi connectivity index (χ1v) is 8.84. The van der Waals surface area contributed by atoms with E-state index in [1.54, 1.807) is 7.11 Å². The van der Waals surface area contributed by atoms with Crippen LogP contribution in [0.15, 0.2) is 6.33 Å². The molecule has 1 fully saturated rings. The first-order valence-electron chi connectivity index (χ1n) is 7.08. The number of aryl methyl sites for hydroxylation is 1. The van der Waals surface area contributed by atoms with Gasteiger partial charge in [-0.3, -0.25) is 0 Å². The quantitative estimate of drug-likeness (QED) is 0.764. The van der Waals surface area contributed by atoms with Crippen LogP contribution in [-0.2, 0) is 13.0 Å². The van der Waals surface area contributed by atoms with Crippen LogP contribution < -0.4 is 4.74 Å². The van der Waals surface area contributed by atoms with Crippen LogP contribution in [0.25, 0.3) is 11.2 Å². The maximum absolute atomic E-state index is 5.94. The summed E-state index contributed by atoms with van der Waals surface area (Å²) in [5.41, 5.74) is 1.58. The molecule has 0 aromatic carbocycles. The van der Waals surface area contributed by atoms with Crippen molar-refractivity contribution in [2.24, 2.45) is 0 Å². The molecule has 114 valence electrons. The number of alkyl halides is 1. The minimum Gasteiger partial charge on any atom is -0.479 e. The molecule has 7 heteroatoms. The topological polar surface area (TPSA) is 52.8 Å². The van der Waals surface area contributed by atoms with Gasteiger partial charge in [0.15, 0.2) is 11.2 Å². The smallest absolute Gasteiger partial charge is 0.245 e. The second kappa shape index (κ2) is 6.01. The number of imidazole rings is 1. The molecule has 0 amide bonds. The number of hydrogen-bond acceptors (Lipinski definition) is 5. The predicted molar refractivity (Wildman–Crippen MR) is 86.4 cm³/mol. The standard InChI is InChI=1S/C14H19ClN4OS/c1-20-13-11-12(16-9-17-13)19(10(18-11)4-7-15)8-14(21-2)5-3-6-14/h9H,3-8H2,1-2H3. The third kappa shape index (κ3) is 2.59. The van der Waals surface area contributed by atoms with E-state index in [0.717, 1.165) is 30.0 Å². The van der Waals surface area contributed by atoms with Crippen molar-refractivity contribution in [2.45, 2.75) is 37.0 Å². The summed E-state index contributed by atoms with van der Waals surface area (Å²) in [6.07, 6.45) is 8.25. The molecule has 3 rings (SSSR count). The fraction of sp³-hybridized carbons (Fsp3) is 0.643. The van der Waals surface area contributed by atoms with Crippen molar-refractivity contribution in [3.05, 3.63) is 12.2 Å². The van der Waals surface area contributed by atoms with Crippen molar-refractivity contribution in [3.63, 3.8) is 0 Å². The van der Waals surface area contributed by atoms with Crippen molar-refractivity contribution in [3.8, 4) is 5.88 Å². The normalized spacial score (nSPS) is 16.9. The molecule has 0 radical (unpaired) electrons. The second-order valence-corrected chi connectivity index (χ2v) is 7.00. The van der Waals surface area contributed by atoms with E-state index in [1.807, 2.05) is 11.8 Å². The number of thioether (sulfide) groups is 1. The summed E-state index contributed by atoms with van der Waals surface area (Å²) in [7, 11) is 1.61. The Morgan fingerprint density at radius 2 is 2.24 bits per heavy atom. The lowest BCUT2D eigenvalue weighted by molar-refractivity contribution is 0.321. The first-order chi connectivity index (χ1) is 10.2. The number of aromatic nitrogens is 4. The van der Waals surface area contributed by atoms with Crippen LogP contribution >= 0.6 is 23.4 Å².